The highest BCUT2D eigenvalue weighted by molar-refractivity contribution is 5.41. The summed E-state index contributed by atoms with van der Waals surface area (Å²) in [4.78, 5) is 8.86. The fourth-order valence-electron chi connectivity index (χ4n) is 1.67. The molecular formula is C12H21N3. The predicted molar refractivity (Wildman–Crippen MR) is 63.7 cm³/mol. The molecule has 0 aliphatic heterocycles. The van der Waals surface area contributed by atoms with Gasteiger partial charge in [-0.2, -0.15) is 0 Å². The van der Waals surface area contributed by atoms with Gasteiger partial charge in [0.2, 0.25) is 0 Å². The number of hydrogen-bond acceptors (Lipinski definition) is 3. The van der Waals surface area contributed by atoms with Gasteiger partial charge in [-0.15, -0.1) is 0 Å². The van der Waals surface area contributed by atoms with Crippen molar-refractivity contribution in [1.29, 1.82) is 0 Å². The number of nitrogen functional groups attached to an aromatic ring is 1. The van der Waals surface area contributed by atoms with E-state index in [1.807, 2.05) is 6.92 Å². The van der Waals surface area contributed by atoms with Crippen molar-refractivity contribution in [3.63, 3.8) is 0 Å². The molecule has 1 rings (SSSR count). The maximum atomic E-state index is 5.90. The molecule has 3 nitrogen and oxygen atoms in total. The number of hydrogen-bond donors (Lipinski definition) is 1. The number of aromatic nitrogens is 2. The monoisotopic (exact) mass is 207 g/mol. The Morgan fingerprint density at radius 3 is 2.20 bits per heavy atom. The van der Waals surface area contributed by atoms with E-state index >= 15 is 0 Å². The minimum absolute atomic E-state index is 0.201. The van der Waals surface area contributed by atoms with Gasteiger partial charge in [0.1, 0.15) is 11.6 Å². The molecule has 0 bridgehead atoms. The largest absolute Gasteiger partial charge is 0.383 e. The van der Waals surface area contributed by atoms with Crippen LogP contribution in [0.25, 0.3) is 0 Å². The number of aryl methyl sites for hydroxylation is 1. The van der Waals surface area contributed by atoms with E-state index in [-0.39, 0.29) is 5.41 Å². The fourth-order valence-corrected chi connectivity index (χ4v) is 1.67. The Morgan fingerprint density at radius 1 is 1.20 bits per heavy atom. The molecule has 84 valence electrons. The van der Waals surface area contributed by atoms with E-state index in [9.17, 15) is 0 Å². The van der Waals surface area contributed by atoms with Crippen LogP contribution >= 0.6 is 0 Å². The van der Waals surface area contributed by atoms with Crippen LogP contribution in [-0.2, 0) is 12.8 Å². The first kappa shape index (κ1) is 12.0. The van der Waals surface area contributed by atoms with Crippen LogP contribution in [0, 0.1) is 12.3 Å². The van der Waals surface area contributed by atoms with Crippen molar-refractivity contribution in [2.75, 3.05) is 5.73 Å². The molecule has 0 fully saturated rings. The van der Waals surface area contributed by atoms with Crippen LogP contribution in [0.15, 0.2) is 0 Å². The second kappa shape index (κ2) is 4.17. The molecule has 1 aromatic heterocycles. The molecule has 0 radical (unpaired) electrons. The quantitative estimate of drug-likeness (QED) is 0.810. The molecule has 0 aliphatic rings. The highest BCUT2D eigenvalue weighted by Crippen LogP contribution is 2.21. The Bertz CT molecular complexity index is 327. The van der Waals surface area contributed by atoms with Gasteiger partial charge in [-0.3, -0.25) is 0 Å². The molecule has 3 heteroatoms. The van der Waals surface area contributed by atoms with Gasteiger partial charge in [0, 0.05) is 17.7 Å². The van der Waals surface area contributed by atoms with Gasteiger partial charge in [0.25, 0.3) is 0 Å². The third-order valence-electron chi connectivity index (χ3n) is 2.33. The summed E-state index contributed by atoms with van der Waals surface area (Å²) >= 11 is 0. The van der Waals surface area contributed by atoms with Crippen LogP contribution in [0.2, 0.25) is 0 Å². The van der Waals surface area contributed by atoms with Crippen molar-refractivity contribution in [2.24, 2.45) is 5.41 Å². The molecule has 0 atom stereocenters. The Labute approximate surface area is 92.1 Å². The van der Waals surface area contributed by atoms with Gasteiger partial charge in [0.05, 0.1) is 0 Å². The first-order chi connectivity index (χ1) is 6.83. The fraction of sp³-hybridized carbons (Fsp3) is 0.667. The molecule has 0 unspecified atom stereocenters. The SMILES string of the molecule is CCc1c(C)nc(CC(C)(C)C)nc1N. The summed E-state index contributed by atoms with van der Waals surface area (Å²) in [5, 5.41) is 0. The van der Waals surface area contributed by atoms with Crippen LogP contribution in [0.4, 0.5) is 5.82 Å². The summed E-state index contributed by atoms with van der Waals surface area (Å²) in [6.45, 7) is 10.6. The molecule has 2 N–H and O–H groups in total. The van der Waals surface area contributed by atoms with E-state index in [4.69, 9.17) is 5.73 Å². The van der Waals surface area contributed by atoms with Crippen molar-refractivity contribution >= 4 is 5.82 Å². The van der Waals surface area contributed by atoms with Crippen LogP contribution < -0.4 is 5.73 Å². The van der Waals surface area contributed by atoms with Crippen LogP contribution in [0.5, 0.6) is 0 Å². The Balaban J connectivity index is 3.04. The van der Waals surface area contributed by atoms with E-state index in [0.717, 1.165) is 29.9 Å². The van der Waals surface area contributed by atoms with Gasteiger partial charge < -0.3 is 5.73 Å². The summed E-state index contributed by atoms with van der Waals surface area (Å²) in [6.07, 6.45) is 1.76. The standard InChI is InChI=1S/C12H21N3/c1-6-9-8(2)14-10(15-11(9)13)7-12(3,4)5/h6-7H2,1-5H3,(H2,13,14,15). The summed E-state index contributed by atoms with van der Waals surface area (Å²) in [5.74, 6) is 1.50. The molecule has 0 aliphatic carbocycles. The van der Waals surface area contributed by atoms with Crippen molar-refractivity contribution in [3.8, 4) is 0 Å². The van der Waals surface area contributed by atoms with E-state index in [1.54, 1.807) is 0 Å². The van der Waals surface area contributed by atoms with Crippen molar-refractivity contribution in [2.45, 2.75) is 47.5 Å². The topological polar surface area (TPSA) is 51.8 Å². The smallest absolute Gasteiger partial charge is 0.131 e. The van der Waals surface area contributed by atoms with Crippen LogP contribution in [-0.4, -0.2) is 9.97 Å². The zero-order valence-electron chi connectivity index (χ0n) is 10.4. The average Bonchev–Trinajstić information content (AvgIpc) is 1.99. The van der Waals surface area contributed by atoms with Crippen LogP contribution in [0.1, 0.15) is 44.8 Å². The van der Waals surface area contributed by atoms with Crippen molar-refractivity contribution < 1.29 is 0 Å². The Hall–Kier alpha value is -1.12. The van der Waals surface area contributed by atoms with E-state index < -0.39 is 0 Å². The molecule has 0 saturated heterocycles. The highest BCUT2D eigenvalue weighted by Gasteiger charge is 2.15. The number of nitrogens with zero attached hydrogens (tertiary/aromatic N) is 2. The molecule has 1 aromatic rings. The van der Waals surface area contributed by atoms with Crippen molar-refractivity contribution in [1.82, 2.24) is 9.97 Å². The van der Waals surface area contributed by atoms with Gasteiger partial charge in [0.15, 0.2) is 0 Å². The van der Waals surface area contributed by atoms with Gasteiger partial charge >= 0.3 is 0 Å². The molecule has 0 aromatic carbocycles. The summed E-state index contributed by atoms with van der Waals surface area (Å²) in [7, 11) is 0. The minimum atomic E-state index is 0.201. The van der Waals surface area contributed by atoms with E-state index in [0.29, 0.717) is 5.82 Å². The van der Waals surface area contributed by atoms with E-state index in [1.165, 1.54) is 0 Å². The molecular weight excluding hydrogens is 186 g/mol. The Morgan fingerprint density at radius 2 is 1.80 bits per heavy atom. The molecule has 0 saturated carbocycles. The lowest BCUT2D eigenvalue weighted by atomic mass is 9.92. The van der Waals surface area contributed by atoms with Gasteiger partial charge in [-0.25, -0.2) is 9.97 Å². The maximum absolute atomic E-state index is 5.90. The maximum Gasteiger partial charge on any atom is 0.131 e. The summed E-state index contributed by atoms with van der Waals surface area (Å²) < 4.78 is 0. The lowest BCUT2D eigenvalue weighted by molar-refractivity contribution is 0.400. The van der Waals surface area contributed by atoms with Crippen molar-refractivity contribution in [3.05, 3.63) is 17.1 Å². The lowest BCUT2D eigenvalue weighted by Gasteiger charge is -2.18. The number of anilines is 1. The molecule has 15 heavy (non-hydrogen) atoms. The Kier molecular flexibility index (Phi) is 3.32. The van der Waals surface area contributed by atoms with E-state index in [2.05, 4.69) is 37.7 Å². The average molecular weight is 207 g/mol. The van der Waals surface area contributed by atoms with Gasteiger partial charge in [-0.05, 0) is 18.8 Å². The highest BCUT2D eigenvalue weighted by atomic mass is 15.0. The third kappa shape index (κ3) is 3.18. The molecule has 0 spiro atoms. The van der Waals surface area contributed by atoms with Gasteiger partial charge in [-0.1, -0.05) is 27.7 Å². The summed E-state index contributed by atoms with van der Waals surface area (Å²) in [6, 6.07) is 0. The lowest BCUT2D eigenvalue weighted by Crippen LogP contribution is -2.14. The van der Waals surface area contributed by atoms with Crippen LogP contribution in [0.3, 0.4) is 0 Å². The predicted octanol–water partition coefficient (Wildman–Crippen LogP) is 2.52. The zero-order chi connectivity index (χ0) is 11.6. The first-order valence-electron chi connectivity index (χ1n) is 5.45. The normalized spacial score (nSPS) is 11.8. The minimum Gasteiger partial charge on any atom is -0.383 e. The summed E-state index contributed by atoms with van der Waals surface area (Å²) in [5.41, 5.74) is 8.20. The zero-order valence-corrected chi connectivity index (χ0v) is 10.4. The third-order valence-corrected chi connectivity index (χ3v) is 2.33. The molecule has 0 amide bonds. The second-order valence-electron chi connectivity index (χ2n) is 5.18. The molecule has 1 heterocycles. The first-order valence-corrected chi connectivity index (χ1v) is 5.45. The number of nitrogens with two attached hydrogens (primary N) is 1. The second-order valence-corrected chi connectivity index (χ2v) is 5.18. The number of rotatable bonds is 2.